The molecule has 1 aliphatic heterocycles. The van der Waals surface area contributed by atoms with Gasteiger partial charge in [-0.25, -0.2) is 8.42 Å². The van der Waals surface area contributed by atoms with E-state index in [1.807, 2.05) is 6.07 Å². The lowest BCUT2D eigenvalue weighted by Gasteiger charge is -2.37. The highest BCUT2D eigenvalue weighted by molar-refractivity contribution is 9.10. The molecule has 0 bridgehead atoms. The molecule has 1 fully saturated rings. The van der Waals surface area contributed by atoms with Crippen molar-refractivity contribution in [2.75, 3.05) is 39.0 Å². The molecule has 2 N–H and O–H groups in total. The van der Waals surface area contributed by atoms with E-state index in [1.165, 1.54) is 10.6 Å². The number of hydrogen-bond acceptors (Lipinski definition) is 5. The summed E-state index contributed by atoms with van der Waals surface area (Å²) in [5.41, 5.74) is 5.83. The molecule has 2 heterocycles. The second kappa shape index (κ2) is 5.92. The molecule has 0 aromatic carbocycles. The van der Waals surface area contributed by atoms with Gasteiger partial charge in [0.15, 0.2) is 0 Å². The lowest BCUT2D eigenvalue weighted by Crippen LogP contribution is -2.50. The van der Waals surface area contributed by atoms with Gasteiger partial charge in [0.1, 0.15) is 5.76 Å². The molecule has 2 rings (SSSR count). The van der Waals surface area contributed by atoms with Crippen molar-refractivity contribution in [3.8, 4) is 0 Å². The van der Waals surface area contributed by atoms with Gasteiger partial charge in [0.2, 0.25) is 10.0 Å². The Kier molecular flexibility index (Phi) is 4.67. The minimum Gasteiger partial charge on any atom is -0.466 e. The zero-order chi connectivity index (χ0) is 14.0. The summed E-state index contributed by atoms with van der Waals surface area (Å²) in [5, 5.41) is 0. The number of halogens is 1. The molecule has 8 heteroatoms. The van der Waals surface area contributed by atoms with Crippen LogP contribution < -0.4 is 5.73 Å². The number of nitrogens with zero attached hydrogens (tertiary/aromatic N) is 2. The Bertz CT molecular complexity index is 523. The molecule has 0 spiro atoms. The lowest BCUT2D eigenvalue weighted by atomic mass is 10.1. The van der Waals surface area contributed by atoms with Gasteiger partial charge in [-0.05, 0) is 22.0 Å². The van der Waals surface area contributed by atoms with Gasteiger partial charge in [-0.1, -0.05) is 0 Å². The normalized spacial score (nSPS) is 20.6. The van der Waals surface area contributed by atoms with Gasteiger partial charge in [0.05, 0.1) is 23.0 Å². The van der Waals surface area contributed by atoms with E-state index in [4.69, 9.17) is 10.2 Å². The quantitative estimate of drug-likeness (QED) is 0.859. The zero-order valence-electron chi connectivity index (χ0n) is 10.8. The van der Waals surface area contributed by atoms with E-state index in [9.17, 15) is 8.42 Å². The summed E-state index contributed by atoms with van der Waals surface area (Å²) in [5.74, 6) is 0.801. The monoisotopic (exact) mass is 351 g/mol. The summed E-state index contributed by atoms with van der Waals surface area (Å²) >= 11 is 3.44. The van der Waals surface area contributed by atoms with Crippen molar-refractivity contribution in [3.63, 3.8) is 0 Å². The highest BCUT2D eigenvalue weighted by atomic mass is 79.9. The molecule has 1 atom stereocenters. The van der Waals surface area contributed by atoms with Crippen LogP contribution in [0.5, 0.6) is 0 Å². The van der Waals surface area contributed by atoms with E-state index in [2.05, 4.69) is 20.8 Å². The topological polar surface area (TPSA) is 79.8 Å². The fourth-order valence-corrected chi connectivity index (χ4v) is 3.60. The maximum absolute atomic E-state index is 11.5. The van der Waals surface area contributed by atoms with Crippen LogP contribution in [0.25, 0.3) is 0 Å². The van der Waals surface area contributed by atoms with E-state index < -0.39 is 10.0 Å². The van der Waals surface area contributed by atoms with Crippen molar-refractivity contribution in [2.45, 2.75) is 6.04 Å². The third kappa shape index (κ3) is 3.38. The average molecular weight is 352 g/mol. The van der Waals surface area contributed by atoms with Crippen molar-refractivity contribution in [1.82, 2.24) is 9.21 Å². The van der Waals surface area contributed by atoms with Crippen LogP contribution in [-0.4, -0.2) is 56.6 Å². The van der Waals surface area contributed by atoms with E-state index in [0.717, 1.165) is 10.2 Å². The van der Waals surface area contributed by atoms with Gasteiger partial charge < -0.3 is 10.2 Å². The lowest BCUT2D eigenvalue weighted by molar-refractivity contribution is 0.126. The standard InChI is InChI=1S/C11H18BrN3O3S/c1-19(16,17)15-5-3-14(4-6-15)10(8-13)11-9(12)2-7-18-11/h2,7,10H,3-6,8,13H2,1H3. The maximum Gasteiger partial charge on any atom is 0.211 e. The van der Waals surface area contributed by atoms with Gasteiger partial charge in [-0.15, -0.1) is 0 Å². The predicted octanol–water partition coefficient (Wildman–Crippen LogP) is 0.619. The summed E-state index contributed by atoms with van der Waals surface area (Å²) in [4.78, 5) is 2.16. The van der Waals surface area contributed by atoms with Gasteiger partial charge >= 0.3 is 0 Å². The first-order valence-corrected chi connectivity index (χ1v) is 8.69. The number of rotatable bonds is 4. The number of hydrogen-bond donors (Lipinski definition) is 1. The first-order valence-electron chi connectivity index (χ1n) is 6.05. The molecule has 0 saturated carbocycles. The van der Waals surface area contributed by atoms with Crippen LogP contribution in [0.2, 0.25) is 0 Å². The Balaban J connectivity index is 2.06. The largest absolute Gasteiger partial charge is 0.466 e. The molecule has 1 unspecified atom stereocenters. The van der Waals surface area contributed by atoms with E-state index in [0.29, 0.717) is 32.7 Å². The second-order valence-corrected chi connectivity index (χ2v) is 7.42. The van der Waals surface area contributed by atoms with Crippen molar-refractivity contribution in [1.29, 1.82) is 0 Å². The summed E-state index contributed by atoms with van der Waals surface area (Å²) in [6.45, 7) is 2.73. The van der Waals surface area contributed by atoms with E-state index >= 15 is 0 Å². The van der Waals surface area contributed by atoms with Crippen LogP contribution >= 0.6 is 15.9 Å². The van der Waals surface area contributed by atoms with Gasteiger partial charge in [-0.2, -0.15) is 4.31 Å². The molecule has 0 amide bonds. The van der Waals surface area contributed by atoms with Crippen LogP contribution in [0.3, 0.4) is 0 Å². The SMILES string of the molecule is CS(=O)(=O)N1CCN(C(CN)c2occc2Br)CC1. The first kappa shape index (κ1) is 15.0. The average Bonchev–Trinajstić information content (AvgIpc) is 2.76. The van der Waals surface area contributed by atoms with E-state index in [1.54, 1.807) is 6.26 Å². The first-order chi connectivity index (χ1) is 8.93. The molecule has 108 valence electrons. The Labute approximate surface area is 121 Å². The number of furan rings is 1. The molecular formula is C11H18BrN3O3S. The zero-order valence-corrected chi connectivity index (χ0v) is 13.2. The molecule has 1 aromatic rings. The van der Waals surface area contributed by atoms with E-state index in [-0.39, 0.29) is 6.04 Å². The fraction of sp³-hybridized carbons (Fsp3) is 0.636. The highest BCUT2D eigenvalue weighted by Gasteiger charge is 2.30. The molecule has 1 aliphatic rings. The predicted molar refractivity (Wildman–Crippen MR) is 76.2 cm³/mol. The Morgan fingerprint density at radius 2 is 2.05 bits per heavy atom. The van der Waals surface area contributed by atoms with Crippen molar-refractivity contribution >= 4 is 26.0 Å². The summed E-state index contributed by atoms with van der Waals surface area (Å²) in [6.07, 6.45) is 2.86. The maximum atomic E-state index is 11.5. The van der Waals surface area contributed by atoms with Crippen LogP contribution in [0.1, 0.15) is 11.8 Å². The molecule has 6 nitrogen and oxygen atoms in total. The molecule has 1 aromatic heterocycles. The minimum absolute atomic E-state index is 0.0221. The Morgan fingerprint density at radius 3 is 2.47 bits per heavy atom. The molecule has 1 saturated heterocycles. The van der Waals surface area contributed by atoms with Crippen LogP contribution in [0.15, 0.2) is 21.2 Å². The Hall–Kier alpha value is -0.410. The van der Waals surface area contributed by atoms with Gasteiger partial charge in [-0.3, -0.25) is 4.90 Å². The number of piperazine rings is 1. The highest BCUT2D eigenvalue weighted by Crippen LogP contribution is 2.29. The van der Waals surface area contributed by atoms with Crippen molar-refractivity contribution in [3.05, 3.63) is 22.6 Å². The Morgan fingerprint density at radius 1 is 1.42 bits per heavy atom. The second-order valence-electron chi connectivity index (χ2n) is 4.58. The number of nitrogens with two attached hydrogens (primary N) is 1. The molecular weight excluding hydrogens is 334 g/mol. The summed E-state index contributed by atoms with van der Waals surface area (Å²) in [6, 6.07) is 1.82. The summed E-state index contributed by atoms with van der Waals surface area (Å²) in [7, 11) is -3.10. The molecule has 19 heavy (non-hydrogen) atoms. The third-order valence-electron chi connectivity index (χ3n) is 3.35. The van der Waals surface area contributed by atoms with Gasteiger partial charge in [0, 0.05) is 32.7 Å². The molecule has 0 aliphatic carbocycles. The summed E-state index contributed by atoms with van der Waals surface area (Å²) < 4.78 is 30.8. The molecule has 0 radical (unpaired) electrons. The van der Waals surface area contributed by atoms with Crippen molar-refractivity contribution in [2.24, 2.45) is 5.73 Å². The van der Waals surface area contributed by atoms with Crippen LogP contribution in [-0.2, 0) is 10.0 Å². The van der Waals surface area contributed by atoms with Crippen LogP contribution in [0, 0.1) is 0 Å². The third-order valence-corrected chi connectivity index (χ3v) is 5.31. The van der Waals surface area contributed by atoms with Gasteiger partial charge in [0.25, 0.3) is 0 Å². The minimum atomic E-state index is -3.10. The smallest absolute Gasteiger partial charge is 0.211 e. The number of sulfonamides is 1. The fourth-order valence-electron chi connectivity index (χ4n) is 2.31. The van der Waals surface area contributed by atoms with Crippen molar-refractivity contribution < 1.29 is 12.8 Å². The van der Waals surface area contributed by atoms with Crippen LogP contribution in [0.4, 0.5) is 0 Å².